The Hall–Kier alpha value is -1.39. The van der Waals surface area contributed by atoms with E-state index < -0.39 is 5.60 Å². The zero-order valence-electron chi connectivity index (χ0n) is 17.9. The van der Waals surface area contributed by atoms with E-state index in [9.17, 15) is 9.59 Å². The van der Waals surface area contributed by atoms with Crippen molar-refractivity contribution < 1.29 is 19.1 Å². The summed E-state index contributed by atoms with van der Waals surface area (Å²) in [6, 6.07) is 0. The Labute approximate surface area is 168 Å². The van der Waals surface area contributed by atoms with Crippen LogP contribution < -0.4 is 0 Å². The van der Waals surface area contributed by atoms with Gasteiger partial charge in [0.05, 0.1) is 18.4 Å². The summed E-state index contributed by atoms with van der Waals surface area (Å²) in [6.45, 7) is 14.5. The summed E-state index contributed by atoms with van der Waals surface area (Å²) in [4.78, 5) is 30.0. The van der Waals surface area contributed by atoms with E-state index in [0.717, 1.165) is 6.42 Å². The molecule has 0 radical (unpaired) electrons. The van der Waals surface area contributed by atoms with E-state index in [1.54, 1.807) is 0 Å². The van der Waals surface area contributed by atoms with Crippen molar-refractivity contribution in [2.75, 3.05) is 13.2 Å². The van der Waals surface area contributed by atoms with Gasteiger partial charge in [-0.15, -0.1) is 0 Å². The Bertz CT molecular complexity index is 668. The maximum Gasteiger partial charge on any atom is 0.310 e. The summed E-state index contributed by atoms with van der Waals surface area (Å²) in [5, 5.41) is 0. The van der Waals surface area contributed by atoms with Gasteiger partial charge >= 0.3 is 11.9 Å². The first-order valence-corrected chi connectivity index (χ1v) is 11.0. The van der Waals surface area contributed by atoms with Crippen molar-refractivity contribution in [2.45, 2.75) is 53.1 Å². The SMILES string of the molecule is C=NCCOC(=O)C1C2CC(C1C(=O)OC(C)(C)C)C1C3CC(C(C)C3C)C21. The van der Waals surface area contributed by atoms with Crippen LogP contribution in [0.1, 0.15) is 47.5 Å². The maximum atomic E-state index is 13.2. The van der Waals surface area contributed by atoms with E-state index >= 15 is 0 Å². The highest BCUT2D eigenvalue weighted by Gasteiger charge is 2.71. The summed E-state index contributed by atoms with van der Waals surface area (Å²) < 4.78 is 11.3. The summed E-state index contributed by atoms with van der Waals surface area (Å²) in [7, 11) is 0. The Morgan fingerprint density at radius 1 is 0.929 bits per heavy atom. The summed E-state index contributed by atoms with van der Waals surface area (Å²) >= 11 is 0. The molecule has 0 aromatic carbocycles. The molecule has 156 valence electrons. The Morgan fingerprint density at radius 2 is 1.43 bits per heavy atom. The van der Waals surface area contributed by atoms with Crippen LogP contribution in [0, 0.1) is 59.2 Å². The van der Waals surface area contributed by atoms with Crippen molar-refractivity contribution in [1.29, 1.82) is 0 Å². The van der Waals surface area contributed by atoms with Crippen molar-refractivity contribution in [2.24, 2.45) is 64.2 Å². The van der Waals surface area contributed by atoms with Crippen LogP contribution in [0.4, 0.5) is 0 Å². The van der Waals surface area contributed by atoms with Crippen LogP contribution in [0.15, 0.2) is 4.99 Å². The normalized spacial score (nSPS) is 45.8. The average Bonchev–Trinajstić information content (AvgIpc) is 3.32. The molecule has 28 heavy (non-hydrogen) atoms. The van der Waals surface area contributed by atoms with Crippen LogP contribution in [-0.2, 0) is 19.1 Å². The van der Waals surface area contributed by atoms with E-state index in [-0.39, 0.29) is 42.2 Å². The van der Waals surface area contributed by atoms with Crippen molar-refractivity contribution in [3.63, 3.8) is 0 Å². The molecular formula is C23H35NO4. The fraction of sp³-hybridized carbons (Fsp3) is 0.870. The zero-order chi connectivity index (χ0) is 20.4. The lowest BCUT2D eigenvalue weighted by atomic mass is 9.59. The van der Waals surface area contributed by atoms with Crippen LogP contribution in [0.2, 0.25) is 0 Å². The van der Waals surface area contributed by atoms with E-state index in [4.69, 9.17) is 9.47 Å². The third-order valence-electron chi connectivity index (χ3n) is 8.44. The fourth-order valence-electron chi connectivity index (χ4n) is 7.57. The second kappa shape index (κ2) is 6.84. The van der Waals surface area contributed by atoms with Gasteiger partial charge in [-0.3, -0.25) is 14.6 Å². The van der Waals surface area contributed by atoms with E-state index in [2.05, 4.69) is 25.6 Å². The summed E-state index contributed by atoms with van der Waals surface area (Å²) in [5.41, 5.74) is -0.546. The van der Waals surface area contributed by atoms with Gasteiger partial charge in [-0.2, -0.15) is 0 Å². The van der Waals surface area contributed by atoms with Crippen LogP contribution in [0.25, 0.3) is 0 Å². The topological polar surface area (TPSA) is 65.0 Å². The average molecular weight is 390 g/mol. The van der Waals surface area contributed by atoms with Crippen molar-refractivity contribution in [1.82, 2.24) is 0 Å². The quantitative estimate of drug-likeness (QED) is 0.312. The molecule has 0 heterocycles. The van der Waals surface area contributed by atoms with Gasteiger partial charge in [-0.05, 0) is 87.7 Å². The molecule has 4 rings (SSSR count). The van der Waals surface area contributed by atoms with E-state index in [1.807, 2.05) is 20.8 Å². The number of nitrogens with zero attached hydrogens (tertiary/aromatic N) is 1. The molecule has 5 nitrogen and oxygen atoms in total. The molecule has 5 heteroatoms. The molecular weight excluding hydrogens is 354 g/mol. The number of carbonyl (C=O) groups excluding carboxylic acids is 2. The van der Waals surface area contributed by atoms with Crippen LogP contribution >= 0.6 is 0 Å². The third-order valence-corrected chi connectivity index (χ3v) is 8.44. The molecule has 0 amide bonds. The van der Waals surface area contributed by atoms with E-state index in [0.29, 0.717) is 42.1 Å². The third kappa shape index (κ3) is 2.91. The molecule has 4 fully saturated rings. The molecule has 0 N–H and O–H groups in total. The molecule has 10 atom stereocenters. The van der Waals surface area contributed by atoms with Gasteiger partial charge in [-0.25, -0.2) is 0 Å². The van der Waals surface area contributed by atoms with Gasteiger partial charge in [0.1, 0.15) is 12.2 Å². The first-order chi connectivity index (χ1) is 13.2. The predicted molar refractivity (Wildman–Crippen MR) is 107 cm³/mol. The lowest BCUT2D eigenvalue weighted by Crippen LogP contribution is -2.48. The lowest BCUT2D eigenvalue weighted by molar-refractivity contribution is -0.175. The number of esters is 2. The van der Waals surface area contributed by atoms with Gasteiger partial charge in [0.2, 0.25) is 0 Å². The highest BCUT2D eigenvalue weighted by Crippen LogP contribution is 2.72. The van der Waals surface area contributed by atoms with Crippen LogP contribution in [0.5, 0.6) is 0 Å². The standard InChI is InChI=1S/C23H35NO4/c1-11-12(2)14-9-13(11)17-15-10-16(18(14)17)20(22(26)28-23(3,4)5)19(15)21(25)27-8-7-24-6/h11-20H,6-10H2,1-5H3. The monoisotopic (exact) mass is 389 g/mol. The number of aliphatic imine (C=N–C) groups is 1. The largest absolute Gasteiger partial charge is 0.463 e. The zero-order valence-corrected chi connectivity index (χ0v) is 17.9. The Kier molecular flexibility index (Phi) is 4.86. The van der Waals surface area contributed by atoms with Gasteiger partial charge in [0, 0.05) is 0 Å². The van der Waals surface area contributed by atoms with Gasteiger partial charge < -0.3 is 9.47 Å². The summed E-state index contributed by atoms with van der Waals surface area (Å²) in [5.74, 6) is 3.39. The number of ether oxygens (including phenoxy) is 2. The molecule has 4 aliphatic carbocycles. The number of hydrogen-bond donors (Lipinski definition) is 0. The van der Waals surface area contributed by atoms with Gasteiger partial charge in [0.15, 0.2) is 0 Å². The number of carbonyl (C=O) groups is 2. The van der Waals surface area contributed by atoms with Crippen molar-refractivity contribution in [3.05, 3.63) is 0 Å². The van der Waals surface area contributed by atoms with Gasteiger partial charge in [-0.1, -0.05) is 13.8 Å². The van der Waals surface area contributed by atoms with Crippen molar-refractivity contribution in [3.8, 4) is 0 Å². The minimum Gasteiger partial charge on any atom is -0.463 e. The molecule has 10 unspecified atom stereocenters. The second-order valence-corrected chi connectivity index (χ2v) is 10.7. The fourth-order valence-corrected chi connectivity index (χ4v) is 7.57. The molecule has 4 aliphatic rings. The number of fused-ring (bicyclic) bond motifs is 9. The molecule has 0 spiro atoms. The molecule has 4 bridgehead atoms. The molecule has 0 aliphatic heterocycles. The minimum absolute atomic E-state index is 0.203. The van der Waals surface area contributed by atoms with E-state index in [1.165, 1.54) is 6.42 Å². The molecule has 0 saturated heterocycles. The smallest absolute Gasteiger partial charge is 0.310 e. The maximum absolute atomic E-state index is 13.2. The van der Waals surface area contributed by atoms with Crippen molar-refractivity contribution >= 4 is 18.7 Å². The number of hydrogen-bond acceptors (Lipinski definition) is 5. The number of rotatable bonds is 5. The first-order valence-electron chi connectivity index (χ1n) is 11.0. The molecule has 0 aromatic rings. The van der Waals surface area contributed by atoms with Gasteiger partial charge in [0.25, 0.3) is 0 Å². The van der Waals surface area contributed by atoms with Crippen LogP contribution in [0.3, 0.4) is 0 Å². The predicted octanol–water partition coefficient (Wildman–Crippen LogP) is 3.61. The first kappa shape index (κ1) is 19.9. The minimum atomic E-state index is -0.546. The molecule has 0 aromatic heterocycles. The Morgan fingerprint density at radius 3 is 1.93 bits per heavy atom. The van der Waals surface area contributed by atoms with Crippen LogP contribution in [-0.4, -0.2) is 37.4 Å². The highest BCUT2D eigenvalue weighted by molar-refractivity contribution is 5.84. The Balaban J connectivity index is 1.61. The second-order valence-electron chi connectivity index (χ2n) is 10.7. The molecule has 4 saturated carbocycles. The summed E-state index contributed by atoms with van der Waals surface area (Å²) in [6.07, 6.45) is 2.25. The lowest BCUT2D eigenvalue weighted by Gasteiger charge is -2.45. The highest BCUT2D eigenvalue weighted by atomic mass is 16.6.